The van der Waals surface area contributed by atoms with Gasteiger partial charge in [0.05, 0.1) is 54.4 Å². The third-order valence-electron chi connectivity index (χ3n) is 4.01. The summed E-state index contributed by atoms with van der Waals surface area (Å²) in [5.74, 6) is 0. The fraction of sp³-hybridized carbons (Fsp3) is 1.00. The molecule has 0 unspecified atom stereocenters. The van der Waals surface area contributed by atoms with Gasteiger partial charge in [0.25, 0.3) is 0 Å². The number of quaternary nitrogens is 2. The van der Waals surface area contributed by atoms with E-state index in [1.54, 1.807) is 0 Å². The molecule has 0 aromatic heterocycles. The average Bonchev–Trinajstić information content (AvgIpc) is 2.25. The van der Waals surface area contributed by atoms with Crippen LogP contribution in [0.15, 0.2) is 0 Å². The molecule has 19 heavy (non-hydrogen) atoms. The number of nitrogens with zero attached hydrogens (tertiary/aromatic N) is 3. The van der Waals surface area contributed by atoms with E-state index in [1.165, 1.54) is 67.4 Å². The Morgan fingerprint density at radius 1 is 0.684 bits per heavy atom. The smallest absolute Gasteiger partial charge is 0.0836 e. The molecule has 0 fully saturated rings. The lowest BCUT2D eigenvalue weighted by Crippen LogP contribution is -2.46. The van der Waals surface area contributed by atoms with Gasteiger partial charge in [-0.1, -0.05) is 13.3 Å². The Bertz CT molecular complexity index is 222. The molecule has 3 nitrogen and oxygen atoms in total. The van der Waals surface area contributed by atoms with Crippen LogP contribution in [-0.2, 0) is 0 Å². The van der Waals surface area contributed by atoms with Crippen LogP contribution in [0.5, 0.6) is 0 Å². The molecule has 0 bridgehead atoms. The summed E-state index contributed by atoms with van der Waals surface area (Å²) in [7, 11) is 13.8. The third-order valence-corrected chi connectivity index (χ3v) is 4.01. The van der Waals surface area contributed by atoms with Gasteiger partial charge in [-0.05, 0) is 20.5 Å². The molecule has 0 rings (SSSR count). The second-order valence-corrected chi connectivity index (χ2v) is 7.63. The van der Waals surface area contributed by atoms with Crippen LogP contribution < -0.4 is 0 Å². The number of rotatable bonds is 11. The van der Waals surface area contributed by atoms with Crippen molar-refractivity contribution in [1.29, 1.82) is 0 Å². The first kappa shape index (κ1) is 18.9. The van der Waals surface area contributed by atoms with Gasteiger partial charge in [0.2, 0.25) is 0 Å². The van der Waals surface area contributed by atoms with Gasteiger partial charge < -0.3 is 13.9 Å². The van der Waals surface area contributed by atoms with E-state index in [0.717, 1.165) is 0 Å². The molecule has 0 N–H and O–H groups in total. The zero-order valence-corrected chi connectivity index (χ0v) is 14.7. The van der Waals surface area contributed by atoms with Crippen LogP contribution in [-0.4, -0.2) is 88.9 Å². The minimum atomic E-state index is 1.17. The summed E-state index contributed by atoms with van der Waals surface area (Å²) in [5, 5.41) is 0. The lowest BCUT2D eigenvalue weighted by molar-refractivity contribution is -0.909. The van der Waals surface area contributed by atoms with Gasteiger partial charge in [0, 0.05) is 19.4 Å². The SMILES string of the molecule is CCCC[N+](C)(C)CCC[N+](C)(C)CCCN(C)C. The molecule has 3 heteroatoms. The highest BCUT2D eigenvalue weighted by Crippen LogP contribution is 2.07. The molecule has 0 aliphatic heterocycles. The number of hydrogen-bond donors (Lipinski definition) is 0. The fourth-order valence-electron chi connectivity index (χ4n) is 2.55. The summed E-state index contributed by atoms with van der Waals surface area (Å²) >= 11 is 0. The fourth-order valence-corrected chi connectivity index (χ4v) is 2.55. The lowest BCUT2D eigenvalue weighted by atomic mass is 10.2. The zero-order chi connectivity index (χ0) is 14.9. The van der Waals surface area contributed by atoms with Crippen molar-refractivity contribution in [3.63, 3.8) is 0 Å². The maximum Gasteiger partial charge on any atom is 0.0836 e. The van der Waals surface area contributed by atoms with Gasteiger partial charge in [0.1, 0.15) is 0 Å². The van der Waals surface area contributed by atoms with Gasteiger partial charge in [0.15, 0.2) is 0 Å². The standard InChI is InChI=1S/C16H39N3/c1-8-9-13-18(4,5)15-11-16-19(6,7)14-10-12-17(2)3/h8-16H2,1-7H3/q+2. The lowest BCUT2D eigenvalue weighted by Gasteiger charge is -2.34. The van der Waals surface area contributed by atoms with E-state index < -0.39 is 0 Å². The van der Waals surface area contributed by atoms with Gasteiger partial charge in [-0.15, -0.1) is 0 Å². The second-order valence-electron chi connectivity index (χ2n) is 7.63. The molecule has 0 heterocycles. The van der Waals surface area contributed by atoms with Crippen LogP contribution in [0.25, 0.3) is 0 Å². The molecule has 0 amide bonds. The predicted molar refractivity (Wildman–Crippen MR) is 86.4 cm³/mol. The van der Waals surface area contributed by atoms with Gasteiger partial charge in [-0.3, -0.25) is 0 Å². The van der Waals surface area contributed by atoms with E-state index >= 15 is 0 Å². The summed E-state index contributed by atoms with van der Waals surface area (Å²) in [6, 6.07) is 0. The van der Waals surface area contributed by atoms with Crippen LogP contribution >= 0.6 is 0 Å². The molecule has 0 radical (unpaired) electrons. The van der Waals surface area contributed by atoms with Gasteiger partial charge in [-0.25, -0.2) is 0 Å². The summed E-state index contributed by atoms with van der Waals surface area (Å²) in [4.78, 5) is 2.28. The van der Waals surface area contributed by atoms with Crippen molar-refractivity contribution in [3.8, 4) is 0 Å². The molecule has 0 saturated heterocycles. The average molecular weight is 274 g/mol. The Kier molecular flexibility index (Phi) is 8.88. The normalized spacial score (nSPS) is 13.3. The summed E-state index contributed by atoms with van der Waals surface area (Å²) in [5.41, 5.74) is 0. The van der Waals surface area contributed by atoms with Crippen LogP contribution in [0.1, 0.15) is 32.6 Å². The Balaban J connectivity index is 3.84. The van der Waals surface area contributed by atoms with Gasteiger partial charge in [-0.2, -0.15) is 0 Å². The summed E-state index contributed by atoms with van der Waals surface area (Å²) in [6.45, 7) is 8.73. The highest BCUT2D eigenvalue weighted by molar-refractivity contribution is 4.45. The third kappa shape index (κ3) is 11.4. The highest BCUT2D eigenvalue weighted by atomic mass is 15.3. The van der Waals surface area contributed by atoms with Crippen molar-refractivity contribution < 1.29 is 8.97 Å². The van der Waals surface area contributed by atoms with E-state index in [-0.39, 0.29) is 0 Å². The molecule has 0 aromatic rings. The maximum absolute atomic E-state index is 2.38. The van der Waals surface area contributed by atoms with E-state index in [0.29, 0.717) is 0 Å². The van der Waals surface area contributed by atoms with Crippen LogP contribution in [0.4, 0.5) is 0 Å². The van der Waals surface area contributed by atoms with Gasteiger partial charge >= 0.3 is 0 Å². The quantitative estimate of drug-likeness (QED) is 0.522. The van der Waals surface area contributed by atoms with Crippen LogP contribution in [0, 0.1) is 0 Å². The Morgan fingerprint density at radius 3 is 1.53 bits per heavy atom. The van der Waals surface area contributed by atoms with Crippen molar-refractivity contribution in [1.82, 2.24) is 4.90 Å². The summed E-state index contributed by atoms with van der Waals surface area (Å²) in [6.07, 6.45) is 5.31. The molecule has 0 saturated carbocycles. The van der Waals surface area contributed by atoms with E-state index in [4.69, 9.17) is 0 Å². The van der Waals surface area contributed by atoms with Crippen molar-refractivity contribution >= 4 is 0 Å². The van der Waals surface area contributed by atoms with Crippen molar-refractivity contribution in [2.24, 2.45) is 0 Å². The predicted octanol–water partition coefficient (Wildman–Crippen LogP) is 2.28. The topological polar surface area (TPSA) is 3.24 Å². The Hall–Kier alpha value is -0.120. The van der Waals surface area contributed by atoms with E-state index in [1.807, 2.05) is 0 Å². The molecule has 116 valence electrons. The molecule has 0 atom stereocenters. The Morgan fingerprint density at radius 2 is 1.11 bits per heavy atom. The van der Waals surface area contributed by atoms with Crippen molar-refractivity contribution in [3.05, 3.63) is 0 Å². The van der Waals surface area contributed by atoms with Crippen LogP contribution in [0.3, 0.4) is 0 Å². The molecule has 0 aromatic carbocycles. The van der Waals surface area contributed by atoms with Crippen molar-refractivity contribution in [2.45, 2.75) is 32.6 Å². The molecule has 0 aliphatic rings. The largest absolute Gasteiger partial charge is 0.328 e. The number of hydrogen-bond acceptors (Lipinski definition) is 1. The van der Waals surface area contributed by atoms with E-state index in [9.17, 15) is 0 Å². The Labute approximate surface area is 122 Å². The molecular weight excluding hydrogens is 234 g/mol. The van der Waals surface area contributed by atoms with Crippen LogP contribution in [0.2, 0.25) is 0 Å². The molecular formula is C16H39N3+2. The highest BCUT2D eigenvalue weighted by Gasteiger charge is 2.19. The first-order valence-electron chi connectivity index (χ1n) is 7.97. The summed E-state index contributed by atoms with van der Waals surface area (Å²) < 4.78 is 2.35. The second kappa shape index (κ2) is 8.93. The maximum atomic E-state index is 2.38. The minimum Gasteiger partial charge on any atom is -0.328 e. The number of unbranched alkanes of at least 4 members (excludes halogenated alkanes) is 1. The first-order valence-corrected chi connectivity index (χ1v) is 7.97. The van der Waals surface area contributed by atoms with Crippen molar-refractivity contribution in [2.75, 3.05) is 75.0 Å². The van der Waals surface area contributed by atoms with E-state index in [2.05, 4.69) is 54.1 Å². The monoisotopic (exact) mass is 273 g/mol. The minimum absolute atomic E-state index is 1.17. The molecule has 0 spiro atoms. The zero-order valence-electron chi connectivity index (χ0n) is 14.7. The molecule has 0 aliphatic carbocycles. The first-order chi connectivity index (χ1) is 8.68.